The SMILES string of the molecule is CCOc1ccccc1Cc1cc2n(c(=O)n1)CCc1cc(OC)c(OC)cc1-2. The van der Waals surface area contributed by atoms with Crippen molar-refractivity contribution in [3.63, 3.8) is 0 Å². The van der Waals surface area contributed by atoms with Crippen molar-refractivity contribution in [3.8, 4) is 28.5 Å². The van der Waals surface area contributed by atoms with Gasteiger partial charge < -0.3 is 14.2 Å². The maximum atomic E-state index is 12.7. The molecule has 0 fully saturated rings. The van der Waals surface area contributed by atoms with Gasteiger partial charge in [-0.3, -0.25) is 4.57 Å². The molecule has 0 amide bonds. The molecule has 0 saturated heterocycles. The lowest BCUT2D eigenvalue weighted by atomic mass is 9.96. The Kier molecular flexibility index (Phi) is 5.25. The summed E-state index contributed by atoms with van der Waals surface area (Å²) in [5, 5.41) is 0. The van der Waals surface area contributed by atoms with Gasteiger partial charge in [-0.25, -0.2) is 4.79 Å². The number of aromatic nitrogens is 2. The molecule has 1 aliphatic rings. The van der Waals surface area contributed by atoms with Crippen LogP contribution in [0, 0.1) is 0 Å². The van der Waals surface area contributed by atoms with E-state index < -0.39 is 0 Å². The van der Waals surface area contributed by atoms with Crippen molar-refractivity contribution in [1.29, 1.82) is 0 Å². The highest BCUT2D eigenvalue weighted by molar-refractivity contribution is 5.70. The topological polar surface area (TPSA) is 62.6 Å². The second-order valence-electron chi connectivity index (χ2n) is 6.90. The van der Waals surface area contributed by atoms with Gasteiger partial charge in [0, 0.05) is 24.1 Å². The zero-order valence-electron chi connectivity index (χ0n) is 16.9. The Morgan fingerprint density at radius 1 is 1.03 bits per heavy atom. The van der Waals surface area contributed by atoms with Crippen molar-refractivity contribution in [1.82, 2.24) is 9.55 Å². The van der Waals surface area contributed by atoms with E-state index in [1.807, 2.05) is 49.4 Å². The van der Waals surface area contributed by atoms with Crippen molar-refractivity contribution in [2.45, 2.75) is 26.3 Å². The standard InChI is InChI=1S/C23H24N2O4/c1-4-29-20-8-6-5-7-16(20)11-17-13-19-18-14-22(28-3)21(27-2)12-15(18)9-10-25(19)23(26)24-17/h5-8,12-14H,4,9-11H2,1-3H3. The molecule has 6 heteroatoms. The van der Waals surface area contributed by atoms with Crippen LogP contribution in [0.5, 0.6) is 17.2 Å². The summed E-state index contributed by atoms with van der Waals surface area (Å²) in [5.41, 5.74) is 4.47. The fourth-order valence-corrected chi connectivity index (χ4v) is 3.82. The average Bonchev–Trinajstić information content (AvgIpc) is 2.74. The van der Waals surface area contributed by atoms with E-state index in [-0.39, 0.29) is 5.69 Å². The summed E-state index contributed by atoms with van der Waals surface area (Å²) in [5.74, 6) is 2.16. The second-order valence-corrected chi connectivity index (χ2v) is 6.90. The number of methoxy groups -OCH3 is 2. The minimum atomic E-state index is -0.230. The van der Waals surface area contributed by atoms with Crippen LogP contribution in [-0.4, -0.2) is 30.4 Å². The Morgan fingerprint density at radius 3 is 2.55 bits per heavy atom. The summed E-state index contributed by atoms with van der Waals surface area (Å²) in [6.45, 7) is 3.14. The van der Waals surface area contributed by atoms with Crippen LogP contribution in [0.15, 0.2) is 47.3 Å². The zero-order valence-corrected chi connectivity index (χ0v) is 16.9. The van der Waals surface area contributed by atoms with E-state index in [2.05, 4.69) is 4.98 Å². The summed E-state index contributed by atoms with van der Waals surface area (Å²) in [7, 11) is 3.24. The van der Waals surface area contributed by atoms with Crippen LogP contribution in [-0.2, 0) is 19.4 Å². The first-order valence-corrected chi connectivity index (χ1v) is 9.71. The fourth-order valence-electron chi connectivity index (χ4n) is 3.82. The molecule has 0 atom stereocenters. The normalized spacial score (nSPS) is 12.1. The van der Waals surface area contributed by atoms with Gasteiger partial charge >= 0.3 is 5.69 Å². The number of benzene rings is 2. The Labute approximate surface area is 169 Å². The molecule has 1 aromatic heterocycles. The van der Waals surface area contributed by atoms with E-state index in [9.17, 15) is 4.79 Å². The second kappa shape index (κ2) is 7.99. The molecule has 2 heterocycles. The minimum Gasteiger partial charge on any atom is -0.494 e. The number of aryl methyl sites for hydroxylation is 1. The van der Waals surface area contributed by atoms with Crippen molar-refractivity contribution in [2.24, 2.45) is 0 Å². The maximum absolute atomic E-state index is 12.7. The molecule has 29 heavy (non-hydrogen) atoms. The highest BCUT2D eigenvalue weighted by atomic mass is 16.5. The van der Waals surface area contributed by atoms with Crippen molar-refractivity contribution >= 4 is 0 Å². The Morgan fingerprint density at radius 2 is 1.79 bits per heavy atom. The predicted octanol–water partition coefficient (Wildman–Crippen LogP) is 3.47. The first kappa shape index (κ1) is 19.1. The third kappa shape index (κ3) is 3.58. The quantitative estimate of drug-likeness (QED) is 0.643. The lowest BCUT2D eigenvalue weighted by molar-refractivity contribution is 0.337. The van der Waals surface area contributed by atoms with Gasteiger partial charge in [-0.1, -0.05) is 18.2 Å². The minimum absolute atomic E-state index is 0.230. The highest BCUT2D eigenvalue weighted by Crippen LogP contribution is 2.38. The van der Waals surface area contributed by atoms with Gasteiger partial charge in [-0.15, -0.1) is 0 Å². The fraction of sp³-hybridized carbons (Fsp3) is 0.304. The van der Waals surface area contributed by atoms with Crippen molar-refractivity contribution < 1.29 is 14.2 Å². The zero-order chi connectivity index (χ0) is 20.4. The molecule has 0 N–H and O–H groups in total. The monoisotopic (exact) mass is 392 g/mol. The van der Waals surface area contributed by atoms with Crippen LogP contribution in [0.1, 0.15) is 23.7 Å². The van der Waals surface area contributed by atoms with Gasteiger partial charge in [0.25, 0.3) is 0 Å². The molecule has 6 nitrogen and oxygen atoms in total. The number of ether oxygens (including phenoxy) is 3. The number of hydrogen-bond donors (Lipinski definition) is 0. The van der Waals surface area contributed by atoms with Crippen LogP contribution < -0.4 is 19.9 Å². The Bertz CT molecular complexity index is 1100. The first-order chi connectivity index (χ1) is 14.1. The lowest BCUT2D eigenvalue weighted by Gasteiger charge is -2.23. The molecule has 2 aromatic carbocycles. The number of nitrogens with zero attached hydrogens (tertiary/aromatic N) is 2. The maximum Gasteiger partial charge on any atom is 0.348 e. The summed E-state index contributed by atoms with van der Waals surface area (Å²) < 4.78 is 18.4. The summed E-state index contributed by atoms with van der Waals surface area (Å²) in [6.07, 6.45) is 1.28. The molecule has 0 radical (unpaired) electrons. The molecule has 0 saturated carbocycles. The average molecular weight is 392 g/mol. The largest absolute Gasteiger partial charge is 0.494 e. The molecule has 1 aliphatic heterocycles. The molecule has 0 spiro atoms. The number of fused-ring (bicyclic) bond motifs is 3. The predicted molar refractivity (Wildman–Crippen MR) is 111 cm³/mol. The van der Waals surface area contributed by atoms with Crippen LogP contribution in [0.25, 0.3) is 11.3 Å². The molecule has 0 aliphatic carbocycles. The molecular weight excluding hydrogens is 368 g/mol. The van der Waals surface area contributed by atoms with E-state index >= 15 is 0 Å². The van der Waals surface area contributed by atoms with E-state index in [0.29, 0.717) is 31.1 Å². The Balaban J connectivity index is 1.79. The van der Waals surface area contributed by atoms with Crippen molar-refractivity contribution in [3.05, 3.63) is 69.8 Å². The van der Waals surface area contributed by atoms with Crippen molar-refractivity contribution in [2.75, 3.05) is 20.8 Å². The molecule has 150 valence electrons. The molecule has 0 bridgehead atoms. The molecule has 4 rings (SSSR count). The third-order valence-corrected chi connectivity index (χ3v) is 5.20. The van der Waals surface area contributed by atoms with Gasteiger partial charge in [0.2, 0.25) is 0 Å². The van der Waals surface area contributed by atoms with Gasteiger partial charge in [-0.2, -0.15) is 4.98 Å². The van der Waals surface area contributed by atoms with Crippen LogP contribution >= 0.6 is 0 Å². The van der Waals surface area contributed by atoms with Crippen LogP contribution in [0.3, 0.4) is 0 Å². The van der Waals surface area contributed by atoms with Gasteiger partial charge in [0.1, 0.15) is 5.75 Å². The van der Waals surface area contributed by atoms with Gasteiger partial charge in [0.05, 0.1) is 32.2 Å². The molecule has 3 aromatic rings. The number of rotatable bonds is 6. The third-order valence-electron chi connectivity index (χ3n) is 5.20. The van der Waals surface area contributed by atoms with E-state index in [0.717, 1.165) is 40.2 Å². The lowest BCUT2D eigenvalue weighted by Crippen LogP contribution is -2.29. The molecule has 0 unspecified atom stereocenters. The van der Waals surface area contributed by atoms with E-state index in [1.165, 1.54) is 0 Å². The Hall–Kier alpha value is -3.28. The van der Waals surface area contributed by atoms with E-state index in [4.69, 9.17) is 14.2 Å². The van der Waals surface area contributed by atoms with E-state index in [1.54, 1.807) is 18.8 Å². The summed E-state index contributed by atoms with van der Waals surface area (Å²) in [6, 6.07) is 13.8. The molecular formula is C23H24N2O4. The summed E-state index contributed by atoms with van der Waals surface area (Å²) >= 11 is 0. The highest BCUT2D eigenvalue weighted by Gasteiger charge is 2.22. The number of para-hydroxylation sites is 1. The van der Waals surface area contributed by atoms with Crippen LogP contribution in [0.4, 0.5) is 0 Å². The summed E-state index contributed by atoms with van der Waals surface area (Å²) in [4.78, 5) is 17.1. The smallest absolute Gasteiger partial charge is 0.348 e. The van der Waals surface area contributed by atoms with Crippen LogP contribution in [0.2, 0.25) is 0 Å². The van der Waals surface area contributed by atoms with Gasteiger partial charge in [-0.05, 0) is 43.2 Å². The van der Waals surface area contributed by atoms with Gasteiger partial charge in [0.15, 0.2) is 11.5 Å². The number of hydrogen-bond acceptors (Lipinski definition) is 5. The first-order valence-electron chi connectivity index (χ1n) is 9.71.